The smallest absolute Gasteiger partial charge is 0.335 e. The van der Waals surface area contributed by atoms with Gasteiger partial charge in [0, 0.05) is 5.56 Å². The van der Waals surface area contributed by atoms with Gasteiger partial charge >= 0.3 is 5.97 Å². The highest BCUT2D eigenvalue weighted by molar-refractivity contribution is 5.91. The average molecular weight is 403 g/mol. The van der Waals surface area contributed by atoms with Crippen molar-refractivity contribution in [1.29, 1.82) is 5.26 Å². The summed E-state index contributed by atoms with van der Waals surface area (Å²) in [6, 6.07) is 19.5. The molecule has 6 heteroatoms. The Kier molecular flexibility index (Phi) is 6.46. The molecule has 0 saturated carbocycles. The lowest BCUT2D eigenvalue weighted by atomic mass is 10.0. The summed E-state index contributed by atoms with van der Waals surface area (Å²) in [5, 5.41) is 18.7. The molecule has 1 N–H and O–H groups in total. The normalized spacial score (nSPS) is 10.9. The van der Waals surface area contributed by atoms with Crippen LogP contribution >= 0.6 is 0 Å². The second-order valence-corrected chi connectivity index (χ2v) is 6.35. The molecule has 3 rings (SSSR count). The molecule has 0 aromatic heterocycles. The van der Waals surface area contributed by atoms with Crippen molar-refractivity contribution in [3.05, 3.63) is 94.8 Å². The topological polar surface area (TPSA) is 79.5 Å². The van der Waals surface area contributed by atoms with Crippen LogP contribution in [0, 0.1) is 17.1 Å². The number of halogens is 1. The number of nitriles is 1. The van der Waals surface area contributed by atoms with E-state index in [0.29, 0.717) is 28.2 Å². The van der Waals surface area contributed by atoms with Gasteiger partial charge in [-0.25, -0.2) is 9.18 Å². The van der Waals surface area contributed by atoms with Crippen molar-refractivity contribution in [2.45, 2.75) is 6.61 Å². The number of benzene rings is 3. The summed E-state index contributed by atoms with van der Waals surface area (Å²) in [5.74, 6) is -0.611. The minimum Gasteiger partial charge on any atom is -0.493 e. The van der Waals surface area contributed by atoms with Crippen molar-refractivity contribution >= 4 is 17.6 Å². The van der Waals surface area contributed by atoms with Gasteiger partial charge in [-0.15, -0.1) is 0 Å². The molecule has 5 nitrogen and oxygen atoms in total. The van der Waals surface area contributed by atoms with Gasteiger partial charge in [-0.05, 0) is 47.5 Å². The van der Waals surface area contributed by atoms with Crippen LogP contribution in [0.1, 0.15) is 27.0 Å². The number of aromatic carboxylic acids is 1. The van der Waals surface area contributed by atoms with Crippen molar-refractivity contribution < 1.29 is 23.8 Å². The Morgan fingerprint density at radius 1 is 1.10 bits per heavy atom. The van der Waals surface area contributed by atoms with Crippen LogP contribution in [-0.4, -0.2) is 18.2 Å². The number of hydrogen-bond acceptors (Lipinski definition) is 4. The van der Waals surface area contributed by atoms with E-state index in [1.165, 1.54) is 37.4 Å². The van der Waals surface area contributed by atoms with E-state index < -0.39 is 11.8 Å². The molecule has 0 saturated heterocycles. The summed E-state index contributed by atoms with van der Waals surface area (Å²) in [7, 11) is 1.50. The standard InChI is InChI=1S/C24H18FNO4/c1-29-22-10-4-7-18(12-20(14-26)17-6-3-9-21(25)13-17)23(22)30-15-16-5-2-8-19(11-16)24(27)28/h2-13H,15H2,1H3,(H,27,28)/b20-12-. The largest absolute Gasteiger partial charge is 0.493 e. The molecule has 0 aliphatic rings. The Balaban J connectivity index is 1.96. The fraction of sp³-hybridized carbons (Fsp3) is 0.0833. The van der Waals surface area contributed by atoms with Gasteiger partial charge in [0.1, 0.15) is 12.4 Å². The highest BCUT2D eigenvalue weighted by Crippen LogP contribution is 2.34. The van der Waals surface area contributed by atoms with Crippen LogP contribution in [0.4, 0.5) is 4.39 Å². The Morgan fingerprint density at radius 3 is 2.53 bits per heavy atom. The number of methoxy groups -OCH3 is 1. The number of para-hydroxylation sites is 1. The van der Waals surface area contributed by atoms with E-state index >= 15 is 0 Å². The zero-order valence-electron chi connectivity index (χ0n) is 16.1. The average Bonchev–Trinajstić information content (AvgIpc) is 2.76. The van der Waals surface area contributed by atoms with Crippen LogP contribution in [0.15, 0.2) is 66.7 Å². The summed E-state index contributed by atoms with van der Waals surface area (Å²) in [4.78, 5) is 11.2. The number of rotatable bonds is 7. The van der Waals surface area contributed by atoms with E-state index in [-0.39, 0.29) is 17.7 Å². The summed E-state index contributed by atoms with van der Waals surface area (Å²) in [6.45, 7) is 0.101. The van der Waals surface area contributed by atoms with Gasteiger partial charge in [0.15, 0.2) is 11.5 Å². The van der Waals surface area contributed by atoms with Gasteiger partial charge in [0.05, 0.1) is 24.3 Å². The lowest BCUT2D eigenvalue weighted by molar-refractivity contribution is 0.0696. The van der Waals surface area contributed by atoms with Gasteiger partial charge < -0.3 is 14.6 Å². The van der Waals surface area contributed by atoms with E-state index in [2.05, 4.69) is 6.07 Å². The van der Waals surface area contributed by atoms with Gasteiger partial charge in [-0.1, -0.05) is 36.4 Å². The number of carbonyl (C=O) groups is 1. The third-order valence-corrected chi connectivity index (χ3v) is 4.34. The van der Waals surface area contributed by atoms with E-state index in [4.69, 9.17) is 14.6 Å². The van der Waals surface area contributed by atoms with Crippen molar-refractivity contribution in [3.8, 4) is 17.6 Å². The molecule has 0 fully saturated rings. The first kappa shape index (κ1) is 20.6. The molecule has 0 aliphatic carbocycles. The molecule has 30 heavy (non-hydrogen) atoms. The SMILES string of the molecule is COc1cccc(/C=C(/C#N)c2cccc(F)c2)c1OCc1cccc(C(=O)O)c1. The van der Waals surface area contributed by atoms with Crippen LogP contribution in [0.3, 0.4) is 0 Å². The first-order valence-corrected chi connectivity index (χ1v) is 9.01. The predicted octanol–water partition coefficient (Wildman–Crippen LogP) is 5.18. The lowest BCUT2D eigenvalue weighted by Gasteiger charge is -2.14. The fourth-order valence-corrected chi connectivity index (χ4v) is 2.90. The second kappa shape index (κ2) is 9.39. The molecule has 0 heterocycles. The minimum absolute atomic E-state index is 0.101. The monoisotopic (exact) mass is 403 g/mol. The van der Waals surface area contributed by atoms with Gasteiger partial charge in [0.25, 0.3) is 0 Å². The summed E-state index contributed by atoms with van der Waals surface area (Å²) >= 11 is 0. The highest BCUT2D eigenvalue weighted by atomic mass is 19.1. The van der Waals surface area contributed by atoms with E-state index in [9.17, 15) is 14.4 Å². The highest BCUT2D eigenvalue weighted by Gasteiger charge is 2.12. The molecule has 3 aromatic carbocycles. The minimum atomic E-state index is -1.02. The number of carboxylic acid groups (broad SMARTS) is 1. The van der Waals surface area contributed by atoms with Crippen LogP contribution in [0.25, 0.3) is 11.6 Å². The molecule has 0 amide bonds. The quantitative estimate of drug-likeness (QED) is 0.435. The Bertz CT molecular complexity index is 1150. The van der Waals surface area contributed by atoms with Gasteiger partial charge in [-0.3, -0.25) is 0 Å². The summed E-state index contributed by atoms with van der Waals surface area (Å²) in [5.41, 5.74) is 2.11. The van der Waals surface area contributed by atoms with E-state index in [1.54, 1.807) is 42.5 Å². The molecule has 3 aromatic rings. The fourth-order valence-electron chi connectivity index (χ4n) is 2.90. The first-order chi connectivity index (χ1) is 14.5. The van der Waals surface area contributed by atoms with Crippen LogP contribution < -0.4 is 9.47 Å². The third-order valence-electron chi connectivity index (χ3n) is 4.34. The zero-order chi connectivity index (χ0) is 21.5. The number of ether oxygens (including phenoxy) is 2. The number of allylic oxidation sites excluding steroid dienone is 1. The summed E-state index contributed by atoms with van der Waals surface area (Å²) < 4.78 is 24.9. The molecule has 0 atom stereocenters. The van der Waals surface area contributed by atoms with Crippen molar-refractivity contribution in [2.75, 3.05) is 7.11 Å². The molecule has 0 bridgehead atoms. The first-order valence-electron chi connectivity index (χ1n) is 9.01. The van der Waals surface area contributed by atoms with Crippen LogP contribution in [0.5, 0.6) is 11.5 Å². The molecular weight excluding hydrogens is 385 g/mol. The molecule has 0 radical (unpaired) electrons. The van der Waals surface area contributed by atoms with Gasteiger partial charge in [0.2, 0.25) is 0 Å². The van der Waals surface area contributed by atoms with Crippen molar-refractivity contribution in [1.82, 2.24) is 0 Å². The van der Waals surface area contributed by atoms with E-state index in [1.807, 2.05) is 0 Å². The maximum Gasteiger partial charge on any atom is 0.335 e. The molecule has 0 spiro atoms. The number of hydrogen-bond donors (Lipinski definition) is 1. The maximum absolute atomic E-state index is 13.6. The number of nitrogens with zero attached hydrogens (tertiary/aromatic N) is 1. The Hall–Kier alpha value is -4.11. The predicted molar refractivity (Wildman–Crippen MR) is 111 cm³/mol. The van der Waals surface area contributed by atoms with Gasteiger partial charge in [-0.2, -0.15) is 5.26 Å². The Morgan fingerprint density at radius 2 is 1.83 bits per heavy atom. The molecule has 150 valence electrons. The summed E-state index contributed by atoms with van der Waals surface area (Å²) in [6.07, 6.45) is 1.60. The molecule has 0 aliphatic heterocycles. The van der Waals surface area contributed by atoms with Crippen LogP contribution in [0.2, 0.25) is 0 Å². The zero-order valence-corrected chi connectivity index (χ0v) is 16.1. The third kappa shape index (κ3) is 4.83. The van der Waals surface area contributed by atoms with Crippen LogP contribution in [-0.2, 0) is 6.61 Å². The molecular formula is C24H18FNO4. The molecule has 0 unspecified atom stereocenters. The lowest BCUT2D eigenvalue weighted by Crippen LogP contribution is -2.02. The maximum atomic E-state index is 13.6. The Labute approximate surface area is 173 Å². The van der Waals surface area contributed by atoms with Crippen molar-refractivity contribution in [2.24, 2.45) is 0 Å². The van der Waals surface area contributed by atoms with Crippen molar-refractivity contribution in [3.63, 3.8) is 0 Å². The number of carboxylic acids is 1. The van der Waals surface area contributed by atoms with E-state index in [0.717, 1.165) is 0 Å². The second-order valence-electron chi connectivity index (χ2n) is 6.35.